The number of rotatable bonds is 4. The van der Waals surface area contributed by atoms with Crippen molar-refractivity contribution in [3.05, 3.63) is 64.4 Å². The molecule has 0 aliphatic rings. The third-order valence-corrected chi connectivity index (χ3v) is 4.13. The molecule has 0 saturated heterocycles. The number of para-hydroxylation sites is 1. The molecule has 128 valence electrons. The maximum absolute atomic E-state index is 12.5. The van der Waals surface area contributed by atoms with Crippen LogP contribution in [0.2, 0.25) is 5.02 Å². The zero-order chi connectivity index (χ0) is 18.0. The molecule has 6 nitrogen and oxygen atoms in total. The van der Waals surface area contributed by atoms with Crippen molar-refractivity contribution in [3.8, 4) is 0 Å². The molecular formula is C18H16ClN3O3. The van der Waals surface area contributed by atoms with E-state index in [1.54, 1.807) is 43.4 Å². The number of aromatic amines is 1. The number of hydrogen-bond donors (Lipinski definition) is 1. The van der Waals surface area contributed by atoms with Crippen LogP contribution in [0.25, 0.3) is 11.0 Å². The van der Waals surface area contributed by atoms with E-state index in [0.717, 1.165) is 0 Å². The van der Waals surface area contributed by atoms with Gasteiger partial charge in [-0.1, -0.05) is 29.8 Å². The van der Waals surface area contributed by atoms with Crippen molar-refractivity contribution in [3.63, 3.8) is 0 Å². The van der Waals surface area contributed by atoms with Crippen molar-refractivity contribution in [2.45, 2.75) is 6.54 Å². The minimum Gasteiger partial charge on any atom is -0.465 e. The molecule has 1 N–H and O–H groups in total. The number of amides is 1. The zero-order valence-electron chi connectivity index (χ0n) is 13.7. The lowest BCUT2D eigenvalue weighted by atomic mass is 10.2. The predicted octanol–water partition coefficient (Wildman–Crippen LogP) is 3.28. The maximum atomic E-state index is 12.5. The second-order valence-electron chi connectivity index (χ2n) is 5.52. The van der Waals surface area contributed by atoms with Crippen LogP contribution in [-0.2, 0) is 11.3 Å². The van der Waals surface area contributed by atoms with Crippen molar-refractivity contribution >= 4 is 34.5 Å². The predicted molar refractivity (Wildman–Crippen MR) is 94.7 cm³/mol. The molecule has 0 bridgehead atoms. The first-order chi connectivity index (χ1) is 12.0. The number of nitrogens with zero attached hydrogens (tertiary/aromatic N) is 2. The standard InChI is InChI=1S/C18H16ClN3O3/c1-22(17(23)11-6-3-4-8-13(11)19)10-15-20-14-9-5-7-12(16(14)21-15)18(24)25-2/h3-9H,10H2,1-2H3,(H,20,21). The SMILES string of the molecule is COC(=O)c1cccc2[nH]c(CN(C)C(=O)c3ccccc3Cl)nc12. The Morgan fingerprint density at radius 1 is 1.16 bits per heavy atom. The number of imidazole rings is 1. The van der Waals surface area contributed by atoms with Crippen LogP contribution in [-0.4, -0.2) is 40.9 Å². The largest absolute Gasteiger partial charge is 0.465 e. The molecule has 3 rings (SSSR count). The fourth-order valence-electron chi connectivity index (χ4n) is 2.57. The first kappa shape index (κ1) is 17.0. The minimum absolute atomic E-state index is 0.209. The number of aromatic nitrogens is 2. The lowest BCUT2D eigenvalue weighted by molar-refractivity contribution is 0.0602. The van der Waals surface area contributed by atoms with Crippen molar-refractivity contribution < 1.29 is 14.3 Å². The van der Waals surface area contributed by atoms with Gasteiger partial charge in [0.2, 0.25) is 0 Å². The van der Waals surface area contributed by atoms with E-state index < -0.39 is 5.97 Å². The summed E-state index contributed by atoms with van der Waals surface area (Å²) in [5, 5.41) is 0.400. The maximum Gasteiger partial charge on any atom is 0.340 e. The van der Waals surface area contributed by atoms with Crippen LogP contribution in [0.15, 0.2) is 42.5 Å². The van der Waals surface area contributed by atoms with Gasteiger partial charge in [-0.3, -0.25) is 4.79 Å². The number of carbonyl (C=O) groups excluding carboxylic acids is 2. The second-order valence-corrected chi connectivity index (χ2v) is 5.93. The number of halogens is 1. The number of hydrogen-bond acceptors (Lipinski definition) is 4. The van der Waals surface area contributed by atoms with Crippen molar-refractivity contribution in [2.24, 2.45) is 0 Å². The van der Waals surface area contributed by atoms with E-state index in [1.165, 1.54) is 12.0 Å². The minimum atomic E-state index is -0.454. The van der Waals surface area contributed by atoms with E-state index >= 15 is 0 Å². The smallest absolute Gasteiger partial charge is 0.340 e. The van der Waals surface area contributed by atoms with E-state index in [2.05, 4.69) is 9.97 Å². The third-order valence-electron chi connectivity index (χ3n) is 3.80. The number of H-pyrrole nitrogens is 1. The second kappa shape index (κ2) is 6.94. The molecule has 0 aliphatic carbocycles. The number of carbonyl (C=O) groups is 2. The van der Waals surface area contributed by atoms with Gasteiger partial charge in [0, 0.05) is 7.05 Å². The number of esters is 1. The Morgan fingerprint density at radius 3 is 2.60 bits per heavy atom. The van der Waals surface area contributed by atoms with Gasteiger partial charge in [0.05, 0.1) is 35.3 Å². The van der Waals surface area contributed by atoms with Crippen molar-refractivity contribution in [1.82, 2.24) is 14.9 Å². The highest BCUT2D eigenvalue weighted by atomic mass is 35.5. The summed E-state index contributed by atoms with van der Waals surface area (Å²) in [6.45, 7) is 0.249. The molecule has 3 aromatic rings. The highest BCUT2D eigenvalue weighted by molar-refractivity contribution is 6.33. The molecule has 7 heteroatoms. The normalized spacial score (nSPS) is 10.7. The monoisotopic (exact) mass is 357 g/mol. The van der Waals surface area contributed by atoms with Gasteiger partial charge < -0.3 is 14.6 Å². The van der Waals surface area contributed by atoms with Crippen LogP contribution < -0.4 is 0 Å². The van der Waals surface area contributed by atoms with Crippen LogP contribution >= 0.6 is 11.6 Å². The number of benzene rings is 2. The molecule has 1 amide bonds. The van der Waals surface area contributed by atoms with Crippen LogP contribution in [0.1, 0.15) is 26.5 Å². The zero-order valence-corrected chi connectivity index (χ0v) is 14.5. The summed E-state index contributed by atoms with van der Waals surface area (Å²) in [7, 11) is 2.99. The Hall–Kier alpha value is -2.86. The first-order valence-electron chi connectivity index (χ1n) is 7.57. The number of fused-ring (bicyclic) bond motifs is 1. The Labute approximate surface area is 149 Å². The summed E-state index contributed by atoms with van der Waals surface area (Å²) in [4.78, 5) is 33.4. The summed E-state index contributed by atoms with van der Waals surface area (Å²) in [6.07, 6.45) is 0. The molecule has 1 aromatic heterocycles. The molecule has 0 fully saturated rings. The molecule has 25 heavy (non-hydrogen) atoms. The Bertz CT molecular complexity index is 952. The molecule has 0 unspecified atom stereocenters. The number of nitrogens with one attached hydrogen (secondary N) is 1. The van der Waals surface area contributed by atoms with Gasteiger partial charge in [0.25, 0.3) is 5.91 Å². The molecule has 0 saturated carbocycles. The molecule has 0 aliphatic heterocycles. The summed E-state index contributed by atoms with van der Waals surface area (Å²) in [6, 6.07) is 12.1. The topological polar surface area (TPSA) is 75.3 Å². The van der Waals surface area contributed by atoms with Crippen LogP contribution in [0, 0.1) is 0 Å². The number of ether oxygens (including phenoxy) is 1. The Morgan fingerprint density at radius 2 is 1.88 bits per heavy atom. The molecule has 0 atom stereocenters. The molecule has 0 radical (unpaired) electrons. The number of methoxy groups -OCH3 is 1. The Kier molecular flexibility index (Phi) is 4.72. The highest BCUT2D eigenvalue weighted by Crippen LogP contribution is 2.20. The van der Waals surface area contributed by atoms with Crippen molar-refractivity contribution in [2.75, 3.05) is 14.2 Å². The highest BCUT2D eigenvalue weighted by Gasteiger charge is 2.18. The van der Waals surface area contributed by atoms with Crippen LogP contribution in [0.4, 0.5) is 0 Å². The van der Waals surface area contributed by atoms with Gasteiger partial charge in [-0.15, -0.1) is 0 Å². The summed E-state index contributed by atoms with van der Waals surface area (Å²) < 4.78 is 4.77. The van der Waals surface area contributed by atoms with Crippen LogP contribution in [0.5, 0.6) is 0 Å². The summed E-state index contributed by atoms with van der Waals surface area (Å²) in [5.74, 6) is -0.0994. The third kappa shape index (κ3) is 3.34. The molecular weight excluding hydrogens is 342 g/mol. The first-order valence-corrected chi connectivity index (χ1v) is 7.95. The summed E-state index contributed by atoms with van der Waals surface area (Å²) in [5.41, 5.74) is 2.03. The van der Waals surface area contributed by atoms with E-state index in [4.69, 9.17) is 16.3 Å². The van der Waals surface area contributed by atoms with E-state index in [9.17, 15) is 9.59 Å². The fraction of sp³-hybridized carbons (Fsp3) is 0.167. The van der Waals surface area contributed by atoms with Gasteiger partial charge >= 0.3 is 5.97 Å². The van der Waals surface area contributed by atoms with E-state index in [-0.39, 0.29) is 12.5 Å². The lowest BCUT2D eigenvalue weighted by Gasteiger charge is -2.16. The quantitative estimate of drug-likeness (QED) is 0.727. The van der Waals surface area contributed by atoms with Gasteiger partial charge in [-0.2, -0.15) is 0 Å². The van der Waals surface area contributed by atoms with E-state index in [0.29, 0.717) is 33.0 Å². The van der Waals surface area contributed by atoms with Gasteiger partial charge in [0.15, 0.2) is 0 Å². The average molecular weight is 358 g/mol. The fourth-order valence-corrected chi connectivity index (χ4v) is 2.79. The molecule has 0 spiro atoms. The van der Waals surface area contributed by atoms with E-state index in [1.807, 2.05) is 6.07 Å². The average Bonchev–Trinajstić information content (AvgIpc) is 3.03. The van der Waals surface area contributed by atoms with Crippen molar-refractivity contribution in [1.29, 1.82) is 0 Å². The molecule has 2 aromatic carbocycles. The van der Waals surface area contributed by atoms with Gasteiger partial charge in [-0.25, -0.2) is 9.78 Å². The summed E-state index contributed by atoms with van der Waals surface area (Å²) >= 11 is 6.08. The van der Waals surface area contributed by atoms with Gasteiger partial charge in [-0.05, 0) is 24.3 Å². The van der Waals surface area contributed by atoms with Gasteiger partial charge in [0.1, 0.15) is 11.3 Å². The lowest BCUT2D eigenvalue weighted by Crippen LogP contribution is -2.26. The molecule has 1 heterocycles. The van der Waals surface area contributed by atoms with Crippen LogP contribution in [0.3, 0.4) is 0 Å². The Balaban J connectivity index is 1.87.